The molecule has 1 aliphatic heterocycles. The molecule has 1 saturated heterocycles. The zero-order valence-corrected chi connectivity index (χ0v) is 13.8. The van der Waals surface area contributed by atoms with E-state index < -0.39 is 0 Å². The largest absolute Gasteiger partial charge is 0.347 e. The second-order valence-electron chi connectivity index (χ2n) is 5.47. The Morgan fingerprint density at radius 3 is 2.86 bits per heavy atom. The molecule has 1 aliphatic rings. The molecule has 0 aliphatic carbocycles. The van der Waals surface area contributed by atoms with Crippen LogP contribution in [-0.2, 0) is 9.59 Å². The van der Waals surface area contributed by atoms with E-state index in [4.69, 9.17) is 23.2 Å². The van der Waals surface area contributed by atoms with Gasteiger partial charge in [-0.2, -0.15) is 0 Å². The molecule has 2 atom stereocenters. The van der Waals surface area contributed by atoms with Crippen molar-refractivity contribution in [3.8, 4) is 0 Å². The van der Waals surface area contributed by atoms with Gasteiger partial charge >= 0.3 is 0 Å². The number of piperidine rings is 1. The fraction of sp³-hybridized carbons (Fsp3) is 0.467. The Hall–Kier alpha value is -1.30. The third-order valence-electron chi connectivity index (χ3n) is 3.62. The predicted molar refractivity (Wildman–Crippen MR) is 88.3 cm³/mol. The normalized spacial score (nSPS) is 21.2. The molecular formula is C15H19Cl2N3O2. The maximum atomic E-state index is 12.1. The molecule has 22 heavy (non-hydrogen) atoms. The highest BCUT2D eigenvalue weighted by atomic mass is 35.5. The van der Waals surface area contributed by atoms with E-state index in [9.17, 15) is 9.59 Å². The number of amides is 2. The van der Waals surface area contributed by atoms with Crippen LogP contribution in [0.25, 0.3) is 0 Å². The summed E-state index contributed by atoms with van der Waals surface area (Å²) < 4.78 is 0. The summed E-state index contributed by atoms with van der Waals surface area (Å²) >= 11 is 11.8. The summed E-state index contributed by atoms with van der Waals surface area (Å²) in [5, 5.41) is 9.48. The molecular weight excluding hydrogens is 325 g/mol. The monoisotopic (exact) mass is 343 g/mol. The fourth-order valence-electron chi connectivity index (χ4n) is 2.47. The van der Waals surface area contributed by atoms with Gasteiger partial charge in [0.15, 0.2) is 0 Å². The number of carbonyl (C=O) groups excluding carboxylic acids is 2. The van der Waals surface area contributed by atoms with E-state index >= 15 is 0 Å². The van der Waals surface area contributed by atoms with E-state index in [0.717, 1.165) is 19.4 Å². The van der Waals surface area contributed by atoms with Gasteiger partial charge in [0, 0.05) is 17.0 Å². The highest BCUT2D eigenvalue weighted by Crippen LogP contribution is 2.25. The van der Waals surface area contributed by atoms with E-state index in [-0.39, 0.29) is 24.3 Å². The smallest absolute Gasteiger partial charge is 0.243 e. The molecule has 0 spiro atoms. The van der Waals surface area contributed by atoms with E-state index in [0.29, 0.717) is 21.8 Å². The topological polar surface area (TPSA) is 70.2 Å². The van der Waals surface area contributed by atoms with Gasteiger partial charge in [0.05, 0.1) is 17.3 Å². The molecule has 120 valence electrons. The Kier molecular flexibility index (Phi) is 6.06. The van der Waals surface area contributed by atoms with Crippen molar-refractivity contribution in [3.05, 3.63) is 28.2 Å². The molecule has 2 amide bonds. The number of hydrogen-bond acceptors (Lipinski definition) is 3. The average molecular weight is 344 g/mol. The lowest BCUT2D eigenvalue weighted by molar-refractivity contribution is -0.128. The number of anilines is 1. The highest BCUT2D eigenvalue weighted by molar-refractivity contribution is 6.35. The first-order valence-electron chi connectivity index (χ1n) is 7.21. The van der Waals surface area contributed by atoms with Crippen molar-refractivity contribution in [1.29, 1.82) is 0 Å². The second kappa shape index (κ2) is 7.81. The van der Waals surface area contributed by atoms with Crippen molar-refractivity contribution in [2.24, 2.45) is 5.92 Å². The Morgan fingerprint density at radius 1 is 1.36 bits per heavy atom. The van der Waals surface area contributed by atoms with Gasteiger partial charge in [0.25, 0.3) is 0 Å². The maximum Gasteiger partial charge on any atom is 0.243 e. The van der Waals surface area contributed by atoms with Crippen LogP contribution in [0.4, 0.5) is 5.69 Å². The summed E-state index contributed by atoms with van der Waals surface area (Å²) in [6, 6.07) is 5.13. The first kappa shape index (κ1) is 17.1. The van der Waals surface area contributed by atoms with Crippen LogP contribution in [-0.4, -0.2) is 30.9 Å². The molecule has 2 rings (SSSR count). The third-order valence-corrected chi connectivity index (χ3v) is 4.18. The van der Waals surface area contributed by atoms with Gasteiger partial charge in [0.1, 0.15) is 0 Å². The van der Waals surface area contributed by atoms with Gasteiger partial charge in [-0.3, -0.25) is 9.59 Å². The Bertz CT molecular complexity index is 566. The summed E-state index contributed by atoms with van der Waals surface area (Å²) in [5.74, 6) is -0.459. The fourth-order valence-corrected chi connectivity index (χ4v) is 2.81. The lowest BCUT2D eigenvalue weighted by Gasteiger charge is -2.27. The molecule has 5 nitrogen and oxygen atoms in total. The van der Waals surface area contributed by atoms with Crippen molar-refractivity contribution in [2.75, 3.05) is 18.4 Å². The summed E-state index contributed by atoms with van der Waals surface area (Å²) in [6.07, 6.45) is 1.57. The molecule has 1 aromatic carbocycles. The molecule has 1 heterocycles. The van der Waals surface area contributed by atoms with Gasteiger partial charge in [-0.05, 0) is 44.5 Å². The Balaban J connectivity index is 1.82. The minimum absolute atomic E-state index is 0.0428. The first-order valence-corrected chi connectivity index (χ1v) is 7.97. The predicted octanol–water partition coefficient (Wildman–Crippen LogP) is 2.44. The summed E-state index contributed by atoms with van der Waals surface area (Å²) in [5.41, 5.74) is 0.434. The van der Waals surface area contributed by atoms with E-state index in [1.165, 1.54) is 0 Å². The zero-order valence-electron chi connectivity index (χ0n) is 12.3. The minimum Gasteiger partial charge on any atom is -0.347 e. The standard InChI is InChI=1S/C15H19Cl2N3O2/c1-9-6-10(4-5-18-9)15(22)19-8-14(21)20-13-7-11(16)2-3-12(13)17/h2-3,7,9-10,18H,4-6,8H2,1H3,(H,19,22)(H,20,21)/t9-,10-/m0/s1. The summed E-state index contributed by atoms with van der Waals surface area (Å²) in [7, 11) is 0. The van der Waals surface area contributed by atoms with Crippen LogP contribution in [0, 0.1) is 5.92 Å². The number of nitrogens with one attached hydrogen (secondary N) is 3. The second-order valence-corrected chi connectivity index (χ2v) is 6.31. The molecule has 0 bridgehead atoms. The van der Waals surface area contributed by atoms with Gasteiger partial charge in [-0.15, -0.1) is 0 Å². The molecule has 0 saturated carbocycles. The van der Waals surface area contributed by atoms with Crippen LogP contribution in [0.1, 0.15) is 19.8 Å². The van der Waals surface area contributed by atoms with Gasteiger partial charge in [-0.1, -0.05) is 23.2 Å². The minimum atomic E-state index is -0.334. The number of rotatable bonds is 4. The summed E-state index contributed by atoms with van der Waals surface area (Å²) in [4.78, 5) is 23.9. The highest BCUT2D eigenvalue weighted by Gasteiger charge is 2.24. The molecule has 7 heteroatoms. The van der Waals surface area contributed by atoms with Crippen molar-refractivity contribution >= 4 is 40.7 Å². The van der Waals surface area contributed by atoms with E-state index in [1.54, 1.807) is 18.2 Å². The zero-order chi connectivity index (χ0) is 16.1. The van der Waals surface area contributed by atoms with Gasteiger partial charge < -0.3 is 16.0 Å². The summed E-state index contributed by atoms with van der Waals surface area (Å²) in [6.45, 7) is 2.79. The number of carbonyl (C=O) groups is 2. The maximum absolute atomic E-state index is 12.1. The number of halogens is 2. The van der Waals surface area contributed by atoms with Crippen LogP contribution in [0.3, 0.4) is 0 Å². The van der Waals surface area contributed by atoms with E-state index in [2.05, 4.69) is 16.0 Å². The average Bonchev–Trinajstić information content (AvgIpc) is 2.48. The van der Waals surface area contributed by atoms with Crippen LogP contribution in [0.15, 0.2) is 18.2 Å². The van der Waals surface area contributed by atoms with Crippen LogP contribution in [0.2, 0.25) is 10.0 Å². The molecule has 0 radical (unpaired) electrons. The quantitative estimate of drug-likeness (QED) is 0.786. The molecule has 3 N–H and O–H groups in total. The lowest BCUT2D eigenvalue weighted by Crippen LogP contribution is -2.44. The van der Waals surface area contributed by atoms with Crippen molar-refractivity contribution < 1.29 is 9.59 Å². The first-order chi connectivity index (χ1) is 10.5. The third kappa shape index (κ3) is 4.87. The van der Waals surface area contributed by atoms with Crippen molar-refractivity contribution in [1.82, 2.24) is 10.6 Å². The van der Waals surface area contributed by atoms with Crippen LogP contribution >= 0.6 is 23.2 Å². The van der Waals surface area contributed by atoms with Crippen LogP contribution in [0.5, 0.6) is 0 Å². The molecule has 1 aromatic rings. The Morgan fingerprint density at radius 2 is 2.14 bits per heavy atom. The number of benzene rings is 1. The molecule has 1 fully saturated rings. The lowest BCUT2D eigenvalue weighted by atomic mass is 9.92. The SMILES string of the molecule is C[C@H]1C[C@@H](C(=O)NCC(=O)Nc2cc(Cl)ccc2Cl)CCN1. The van der Waals surface area contributed by atoms with Crippen molar-refractivity contribution in [2.45, 2.75) is 25.8 Å². The van der Waals surface area contributed by atoms with Gasteiger partial charge in [-0.25, -0.2) is 0 Å². The van der Waals surface area contributed by atoms with Crippen molar-refractivity contribution in [3.63, 3.8) is 0 Å². The number of hydrogen-bond donors (Lipinski definition) is 3. The molecule has 0 aromatic heterocycles. The Labute approximate surface area is 139 Å². The van der Waals surface area contributed by atoms with E-state index in [1.807, 2.05) is 6.92 Å². The van der Waals surface area contributed by atoms with Crippen LogP contribution < -0.4 is 16.0 Å². The molecule has 0 unspecified atom stereocenters. The van der Waals surface area contributed by atoms with Gasteiger partial charge in [0.2, 0.25) is 11.8 Å².